The summed E-state index contributed by atoms with van der Waals surface area (Å²) in [5, 5.41) is 0. The number of nitrogens with two attached hydrogens (primary N) is 1. The molecule has 2 atom stereocenters. The maximum absolute atomic E-state index is 11.7. The average molecular weight is 299 g/mol. The summed E-state index contributed by atoms with van der Waals surface area (Å²) in [6, 6.07) is 1.55. The van der Waals surface area contributed by atoms with Gasteiger partial charge in [0.2, 0.25) is 0 Å². The Morgan fingerprint density at radius 2 is 2.50 bits per heavy atom. The molecular formula is C12H17N3O4S. The van der Waals surface area contributed by atoms with Gasteiger partial charge < -0.3 is 15.2 Å². The van der Waals surface area contributed by atoms with E-state index in [1.54, 1.807) is 12.3 Å². The highest BCUT2D eigenvalue weighted by Gasteiger charge is 2.28. The molecule has 1 saturated heterocycles. The van der Waals surface area contributed by atoms with Gasteiger partial charge in [0.25, 0.3) is 0 Å². The molecule has 1 aromatic heterocycles. The number of hydrogen-bond acceptors (Lipinski definition) is 7. The highest BCUT2D eigenvalue weighted by Crippen LogP contribution is 2.31. The summed E-state index contributed by atoms with van der Waals surface area (Å²) in [6.07, 6.45) is 2.31. The van der Waals surface area contributed by atoms with Crippen molar-refractivity contribution in [3.05, 3.63) is 22.7 Å². The molecule has 0 aliphatic carbocycles. The van der Waals surface area contributed by atoms with E-state index in [0.29, 0.717) is 12.2 Å². The van der Waals surface area contributed by atoms with Crippen LogP contribution < -0.4 is 11.4 Å². The van der Waals surface area contributed by atoms with Crippen LogP contribution in [0, 0.1) is 0 Å². The van der Waals surface area contributed by atoms with E-state index in [-0.39, 0.29) is 23.8 Å². The van der Waals surface area contributed by atoms with E-state index in [4.69, 9.17) is 15.2 Å². The SMILES string of the molecule is CCCC(=O)OC[C@H]1O[C@@H](n2ccc(N)nc2=O)CS1. The largest absolute Gasteiger partial charge is 0.462 e. The van der Waals surface area contributed by atoms with Crippen LogP contribution in [0.5, 0.6) is 0 Å². The van der Waals surface area contributed by atoms with Crippen molar-refractivity contribution in [3.63, 3.8) is 0 Å². The molecule has 1 aliphatic rings. The minimum Gasteiger partial charge on any atom is -0.462 e. The molecule has 20 heavy (non-hydrogen) atoms. The van der Waals surface area contributed by atoms with E-state index >= 15 is 0 Å². The Bertz CT molecular complexity index is 534. The zero-order chi connectivity index (χ0) is 14.5. The minimum atomic E-state index is -0.445. The third-order valence-electron chi connectivity index (χ3n) is 2.73. The molecule has 1 aliphatic heterocycles. The molecule has 2 rings (SSSR count). The number of hydrogen-bond donors (Lipinski definition) is 1. The minimum absolute atomic E-state index is 0.182. The van der Waals surface area contributed by atoms with Gasteiger partial charge in [-0.3, -0.25) is 9.36 Å². The van der Waals surface area contributed by atoms with Gasteiger partial charge in [-0.05, 0) is 12.5 Å². The lowest BCUT2D eigenvalue weighted by Crippen LogP contribution is -2.29. The molecule has 0 unspecified atom stereocenters. The number of aromatic nitrogens is 2. The van der Waals surface area contributed by atoms with Gasteiger partial charge in [-0.15, -0.1) is 11.8 Å². The number of ether oxygens (including phenoxy) is 2. The van der Waals surface area contributed by atoms with Crippen molar-refractivity contribution < 1.29 is 14.3 Å². The Morgan fingerprint density at radius 1 is 1.70 bits per heavy atom. The lowest BCUT2D eigenvalue weighted by molar-refractivity contribution is -0.146. The van der Waals surface area contributed by atoms with Crippen LogP contribution in [0.15, 0.2) is 17.1 Å². The fourth-order valence-corrected chi connectivity index (χ4v) is 2.75. The zero-order valence-corrected chi connectivity index (χ0v) is 12.0. The number of carbonyl (C=O) groups is 1. The molecule has 0 radical (unpaired) electrons. The van der Waals surface area contributed by atoms with E-state index in [2.05, 4.69) is 4.98 Å². The van der Waals surface area contributed by atoms with E-state index in [1.807, 2.05) is 6.92 Å². The highest BCUT2D eigenvalue weighted by molar-refractivity contribution is 8.00. The number of anilines is 1. The molecule has 7 nitrogen and oxygen atoms in total. The maximum Gasteiger partial charge on any atom is 0.351 e. The van der Waals surface area contributed by atoms with Gasteiger partial charge in [0.1, 0.15) is 24.1 Å². The van der Waals surface area contributed by atoms with Crippen LogP contribution >= 0.6 is 11.8 Å². The molecule has 0 aromatic carbocycles. The first-order valence-electron chi connectivity index (χ1n) is 6.37. The second-order valence-corrected chi connectivity index (χ2v) is 5.52. The predicted molar refractivity (Wildman–Crippen MR) is 75.1 cm³/mol. The molecule has 0 spiro atoms. The summed E-state index contributed by atoms with van der Waals surface area (Å²) in [5.41, 5.74) is 4.73. The fourth-order valence-electron chi connectivity index (χ4n) is 1.76. The Hall–Kier alpha value is -1.54. The van der Waals surface area contributed by atoms with Crippen LogP contribution in [0.2, 0.25) is 0 Å². The molecule has 2 heterocycles. The van der Waals surface area contributed by atoms with E-state index in [1.165, 1.54) is 16.3 Å². The number of carbonyl (C=O) groups excluding carboxylic acids is 1. The van der Waals surface area contributed by atoms with Crippen LogP contribution in [0.25, 0.3) is 0 Å². The van der Waals surface area contributed by atoms with Crippen LogP contribution in [0.1, 0.15) is 26.0 Å². The Kier molecular flexibility index (Phi) is 5.02. The van der Waals surface area contributed by atoms with Gasteiger partial charge in [0.05, 0.1) is 0 Å². The number of nitrogen functional groups attached to an aromatic ring is 1. The molecular weight excluding hydrogens is 282 g/mol. The molecule has 2 N–H and O–H groups in total. The van der Waals surface area contributed by atoms with E-state index in [0.717, 1.165) is 6.42 Å². The summed E-state index contributed by atoms with van der Waals surface area (Å²) in [7, 11) is 0. The van der Waals surface area contributed by atoms with Crippen LogP contribution in [-0.2, 0) is 14.3 Å². The normalized spacial score (nSPS) is 21.9. The van der Waals surface area contributed by atoms with Crippen molar-refractivity contribution >= 4 is 23.5 Å². The molecule has 110 valence electrons. The van der Waals surface area contributed by atoms with Crippen molar-refractivity contribution in [1.29, 1.82) is 0 Å². The number of nitrogens with zero attached hydrogens (tertiary/aromatic N) is 2. The number of rotatable bonds is 5. The zero-order valence-electron chi connectivity index (χ0n) is 11.2. The quantitative estimate of drug-likeness (QED) is 0.801. The average Bonchev–Trinajstić information content (AvgIpc) is 2.85. The van der Waals surface area contributed by atoms with Gasteiger partial charge in [0.15, 0.2) is 0 Å². The standard InChI is InChI=1S/C12H17N3O4S/c1-2-3-10(16)18-6-11-19-9(7-20-11)15-5-4-8(13)14-12(15)17/h4-5,9,11H,2-3,6-7H2,1H3,(H2,13,14,17)/t9-,11+/m1/s1. The van der Waals surface area contributed by atoms with Crippen molar-refractivity contribution in [2.45, 2.75) is 31.4 Å². The first kappa shape index (κ1) is 14.9. The molecule has 8 heteroatoms. The maximum atomic E-state index is 11.7. The summed E-state index contributed by atoms with van der Waals surface area (Å²) in [5.74, 6) is 0.551. The van der Waals surface area contributed by atoms with Crippen molar-refractivity contribution in [2.24, 2.45) is 0 Å². The Morgan fingerprint density at radius 3 is 3.20 bits per heavy atom. The van der Waals surface area contributed by atoms with Crippen LogP contribution in [0.3, 0.4) is 0 Å². The third kappa shape index (κ3) is 3.73. The van der Waals surface area contributed by atoms with Crippen molar-refractivity contribution in [1.82, 2.24) is 9.55 Å². The van der Waals surface area contributed by atoms with Gasteiger partial charge in [-0.25, -0.2) is 4.79 Å². The summed E-state index contributed by atoms with van der Waals surface area (Å²) >= 11 is 1.50. The first-order valence-corrected chi connectivity index (χ1v) is 7.42. The van der Waals surface area contributed by atoms with Gasteiger partial charge in [-0.1, -0.05) is 6.92 Å². The third-order valence-corrected chi connectivity index (χ3v) is 3.83. The second kappa shape index (κ2) is 6.76. The van der Waals surface area contributed by atoms with Crippen LogP contribution in [-0.4, -0.2) is 33.3 Å². The van der Waals surface area contributed by atoms with Crippen LogP contribution in [0.4, 0.5) is 5.82 Å². The van der Waals surface area contributed by atoms with E-state index in [9.17, 15) is 9.59 Å². The molecule has 0 amide bonds. The lowest BCUT2D eigenvalue weighted by Gasteiger charge is -2.14. The Balaban J connectivity index is 1.89. The van der Waals surface area contributed by atoms with Gasteiger partial charge in [-0.2, -0.15) is 4.98 Å². The smallest absolute Gasteiger partial charge is 0.351 e. The topological polar surface area (TPSA) is 96.4 Å². The first-order chi connectivity index (χ1) is 9.60. The van der Waals surface area contributed by atoms with E-state index < -0.39 is 11.9 Å². The predicted octanol–water partition coefficient (Wildman–Crippen LogP) is 0.757. The van der Waals surface area contributed by atoms with Gasteiger partial charge >= 0.3 is 11.7 Å². The van der Waals surface area contributed by atoms with Crippen molar-refractivity contribution in [2.75, 3.05) is 18.1 Å². The molecule has 1 fully saturated rings. The molecule has 0 saturated carbocycles. The summed E-state index contributed by atoms with van der Waals surface area (Å²) < 4.78 is 12.1. The number of esters is 1. The highest BCUT2D eigenvalue weighted by atomic mass is 32.2. The monoisotopic (exact) mass is 299 g/mol. The summed E-state index contributed by atoms with van der Waals surface area (Å²) in [6.45, 7) is 2.11. The summed E-state index contributed by atoms with van der Waals surface area (Å²) in [4.78, 5) is 26.6. The van der Waals surface area contributed by atoms with Gasteiger partial charge in [0, 0.05) is 18.4 Å². The Labute approximate surface area is 120 Å². The lowest BCUT2D eigenvalue weighted by atomic mass is 10.3. The van der Waals surface area contributed by atoms with Crippen molar-refractivity contribution in [3.8, 4) is 0 Å². The fraction of sp³-hybridized carbons (Fsp3) is 0.583. The number of thioether (sulfide) groups is 1. The molecule has 1 aromatic rings. The molecule has 0 bridgehead atoms. The second-order valence-electron chi connectivity index (χ2n) is 4.33.